The highest BCUT2D eigenvalue weighted by atomic mass is 32.1. The van der Waals surface area contributed by atoms with E-state index in [9.17, 15) is 4.79 Å². The van der Waals surface area contributed by atoms with Gasteiger partial charge >= 0.3 is 0 Å². The Labute approximate surface area is 141 Å². The fraction of sp³-hybridized carbons (Fsp3) is 0.588. The Morgan fingerprint density at radius 2 is 2.30 bits per heavy atom. The van der Waals surface area contributed by atoms with Gasteiger partial charge in [-0.2, -0.15) is 4.98 Å². The van der Waals surface area contributed by atoms with E-state index in [4.69, 9.17) is 4.52 Å². The van der Waals surface area contributed by atoms with Gasteiger partial charge in [-0.05, 0) is 23.8 Å². The van der Waals surface area contributed by atoms with Crippen LogP contribution in [0.3, 0.4) is 0 Å². The average Bonchev–Trinajstić information content (AvgIpc) is 3.24. The molecule has 1 N–H and O–H groups in total. The third-order valence-electron chi connectivity index (χ3n) is 3.91. The molecule has 1 unspecified atom stereocenters. The Balaban J connectivity index is 1.72. The summed E-state index contributed by atoms with van der Waals surface area (Å²) in [5, 5.41) is 8.94. The number of hydrogen-bond donors (Lipinski definition) is 1. The number of amides is 1. The molecule has 23 heavy (non-hydrogen) atoms. The minimum atomic E-state index is 0.0517. The van der Waals surface area contributed by atoms with Crippen LogP contribution in [0.25, 0.3) is 10.7 Å². The minimum Gasteiger partial charge on any atom is -0.356 e. The van der Waals surface area contributed by atoms with Gasteiger partial charge in [-0.15, -0.1) is 11.3 Å². The fourth-order valence-corrected chi connectivity index (χ4v) is 3.02. The Morgan fingerprint density at radius 3 is 3.00 bits per heavy atom. The number of nitrogens with zero attached hydrogens (tertiary/aromatic N) is 2. The van der Waals surface area contributed by atoms with Crippen molar-refractivity contribution >= 4 is 17.2 Å². The lowest BCUT2D eigenvalue weighted by atomic mass is 9.99. The van der Waals surface area contributed by atoms with Gasteiger partial charge in [0.05, 0.1) is 4.88 Å². The van der Waals surface area contributed by atoms with Gasteiger partial charge in [-0.25, -0.2) is 0 Å². The van der Waals surface area contributed by atoms with Crippen molar-refractivity contribution in [2.45, 2.75) is 52.4 Å². The SMILES string of the molecule is CCCCC(CC)CNC(=O)CCc1nc(-c2cccs2)no1. The first-order chi connectivity index (χ1) is 11.2. The number of hydrogen-bond acceptors (Lipinski definition) is 5. The second kappa shape index (κ2) is 9.45. The highest BCUT2D eigenvalue weighted by Gasteiger charge is 2.12. The summed E-state index contributed by atoms with van der Waals surface area (Å²) in [5.41, 5.74) is 0. The number of thiophene rings is 1. The van der Waals surface area contributed by atoms with Gasteiger partial charge in [0.15, 0.2) is 0 Å². The zero-order chi connectivity index (χ0) is 16.5. The van der Waals surface area contributed by atoms with Gasteiger partial charge in [-0.3, -0.25) is 4.79 Å². The molecule has 5 nitrogen and oxygen atoms in total. The van der Waals surface area contributed by atoms with Crippen LogP contribution in [0.5, 0.6) is 0 Å². The number of carbonyl (C=O) groups excluding carboxylic acids is 1. The first-order valence-electron chi connectivity index (χ1n) is 8.36. The summed E-state index contributed by atoms with van der Waals surface area (Å²) in [6, 6.07) is 3.90. The van der Waals surface area contributed by atoms with E-state index in [1.807, 2.05) is 17.5 Å². The number of aromatic nitrogens is 2. The first kappa shape index (κ1) is 17.7. The molecule has 0 spiro atoms. The molecule has 2 aromatic rings. The number of nitrogens with one attached hydrogen (secondary N) is 1. The number of aryl methyl sites for hydroxylation is 1. The molecule has 0 aliphatic rings. The number of rotatable bonds is 10. The lowest BCUT2D eigenvalue weighted by Crippen LogP contribution is -2.29. The van der Waals surface area contributed by atoms with Crippen LogP contribution in [0.2, 0.25) is 0 Å². The summed E-state index contributed by atoms with van der Waals surface area (Å²) in [7, 11) is 0. The van der Waals surface area contributed by atoms with Crippen molar-refractivity contribution in [3.63, 3.8) is 0 Å². The van der Waals surface area contributed by atoms with E-state index in [2.05, 4.69) is 29.3 Å². The van der Waals surface area contributed by atoms with Crippen molar-refractivity contribution in [1.82, 2.24) is 15.5 Å². The fourth-order valence-electron chi connectivity index (χ4n) is 2.37. The molecule has 1 amide bonds. The quantitative estimate of drug-likeness (QED) is 0.711. The molecule has 0 fully saturated rings. The van der Waals surface area contributed by atoms with E-state index < -0.39 is 0 Å². The normalized spacial score (nSPS) is 12.3. The summed E-state index contributed by atoms with van der Waals surface area (Å²) in [6.07, 6.45) is 5.58. The molecule has 0 aliphatic heterocycles. The van der Waals surface area contributed by atoms with Gasteiger partial charge in [-0.1, -0.05) is 44.3 Å². The standard InChI is InChI=1S/C17H25N3O2S/c1-3-5-7-13(4-2)12-18-15(21)9-10-16-19-17(20-22-16)14-8-6-11-23-14/h6,8,11,13H,3-5,7,9-10,12H2,1-2H3,(H,18,21). The molecule has 126 valence electrons. The summed E-state index contributed by atoms with van der Waals surface area (Å²) < 4.78 is 5.20. The minimum absolute atomic E-state index is 0.0517. The van der Waals surface area contributed by atoms with E-state index >= 15 is 0 Å². The predicted molar refractivity (Wildman–Crippen MR) is 92.2 cm³/mol. The van der Waals surface area contributed by atoms with Crippen molar-refractivity contribution in [3.05, 3.63) is 23.4 Å². The molecule has 1 atom stereocenters. The molecule has 2 rings (SSSR count). The highest BCUT2D eigenvalue weighted by molar-refractivity contribution is 7.13. The topological polar surface area (TPSA) is 68.0 Å². The molecule has 0 aromatic carbocycles. The van der Waals surface area contributed by atoms with Crippen LogP contribution in [0.1, 0.15) is 51.8 Å². The molecule has 2 aromatic heterocycles. The van der Waals surface area contributed by atoms with Gasteiger partial charge < -0.3 is 9.84 Å². The zero-order valence-corrected chi connectivity index (χ0v) is 14.7. The van der Waals surface area contributed by atoms with E-state index in [-0.39, 0.29) is 5.91 Å². The second-order valence-corrected chi connectivity index (χ2v) is 6.66. The van der Waals surface area contributed by atoms with Crippen LogP contribution in [0, 0.1) is 5.92 Å². The lowest BCUT2D eigenvalue weighted by Gasteiger charge is -2.14. The van der Waals surface area contributed by atoms with Crippen LogP contribution in [0.15, 0.2) is 22.0 Å². The van der Waals surface area contributed by atoms with Crippen molar-refractivity contribution in [1.29, 1.82) is 0 Å². The lowest BCUT2D eigenvalue weighted by molar-refractivity contribution is -0.121. The van der Waals surface area contributed by atoms with Crippen LogP contribution in [-0.2, 0) is 11.2 Å². The summed E-state index contributed by atoms with van der Waals surface area (Å²) in [6.45, 7) is 5.14. The first-order valence-corrected chi connectivity index (χ1v) is 9.24. The highest BCUT2D eigenvalue weighted by Crippen LogP contribution is 2.21. The molecule has 0 bridgehead atoms. The van der Waals surface area contributed by atoms with Crippen LogP contribution >= 0.6 is 11.3 Å². The second-order valence-electron chi connectivity index (χ2n) is 5.71. The van der Waals surface area contributed by atoms with Crippen LogP contribution < -0.4 is 5.32 Å². The predicted octanol–water partition coefficient (Wildman–Crippen LogP) is 4.06. The monoisotopic (exact) mass is 335 g/mol. The van der Waals surface area contributed by atoms with E-state index in [1.54, 1.807) is 11.3 Å². The Bertz CT molecular complexity index is 580. The van der Waals surface area contributed by atoms with E-state index in [0.717, 1.165) is 17.8 Å². The van der Waals surface area contributed by atoms with Gasteiger partial charge in [0, 0.05) is 19.4 Å². The molecule has 6 heteroatoms. The average molecular weight is 335 g/mol. The molecular formula is C17H25N3O2S. The maximum absolute atomic E-state index is 11.9. The maximum Gasteiger partial charge on any atom is 0.227 e. The molecule has 0 radical (unpaired) electrons. The van der Waals surface area contributed by atoms with Gasteiger partial charge in [0.2, 0.25) is 17.6 Å². The van der Waals surface area contributed by atoms with Crippen molar-refractivity contribution in [3.8, 4) is 10.7 Å². The molecule has 0 saturated heterocycles. The van der Waals surface area contributed by atoms with Gasteiger partial charge in [0.1, 0.15) is 0 Å². The van der Waals surface area contributed by atoms with Crippen LogP contribution in [0.4, 0.5) is 0 Å². The largest absolute Gasteiger partial charge is 0.356 e. The molecule has 0 aliphatic carbocycles. The van der Waals surface area contributed by atoms with E-state index in [1.165, 1.54) is 19.3 Å². The Morgan fingerprint density at radius 1 is 1.43 bits per heavy atom. The summed E-state index contributed by atoms with van der Waals surface area (Å²) in [5.74, 6) is 1.74. The molecular weight excluding hydrogens is 310 g/mol. The summed E-state index contributed by atoms with van der Waals surface area (Å²) >= 11 is 1.57. The molecule has 2 heterocycles. The van der Waals surface area contributed by atoms with Crippen molar-refractivity contribution in [2.75, 3.05) is 6.54 Å². The van der Waals surface area contributed by atoms with E-state index in [0.29, 0.717) is 30.5 Å². The van der Waals surface area contributed by atoms with Crippen LogP contribution in [-0.4, -0.2) is 22.6 Å². The van der Waals surface area contributed by atoms with Gasteiger partial charge in [0.25, 0.3) is 0 Å². The maximum atomic E-state index is 11.9. The zero-order valence-electron chi connectivity index (χ0n) is 13.9. The third-order valence-corrected chi connectivity index (χ3v) is 4.77. The number of carbonyl (C=O) groups is 1. The van der Waals surface area contributed by atoms with Crippen molar-refractivity contribution < 1.29 is 9.32 Å². The van der Waals surface area contributed by atoms with Crippen molar-refractivity contribution in [2.24, 2.45) is 5.92 Å². The third kappa shape index (κ3) is 5.78. The number of unbranched alkanes of at least 4 members (excludes halogenated alkanes) is 1. The Hall–Kier alpha value is -1.69. The Kier molecular flexibility index (Phi) is 7.26. The smallest absolute Gasteiger partial charge is 0.227 e. The summed E-state index contributed by atoms with van der Waals surface area (Å²) in [4.78, 5) is 17.3. The molecule has 0 saturated carbocycles.